The summed E-state index contributed by atoms with van der Waals surface area (Å²) < 4.78 is 16.0. The number of carbonyl (C=O) groups is 1. The van der Waals surface area contributed by atoms with Gasteiger partial charge in [-0.3, -0.25) is 25.0 Å². The van der Waals surface area contributed by atoms with Gasteiger partial charge < -0.3 is 14.2 Å². The summed E-state index contributed by atoms with van der Waals surface area (Å²) >= 11 is 0. The van der Waals surface area contributed by atoms with Gasteiger partial charge in [-0.1, -0.05) is 0 Å². The summed E-state index contributed by atoms with van der Waals surface area (Å²) in [5.74, 6) is -0.496. The van der Waals surface area contributed by atoms with E-state index in [1.54, 1.807) is 25.1 Å². The van der Waals surface area contributed by atoms with Crippen LogP contribution in [0.25, 0.3) is 0 Å². The van der Waals surface area contributed by atoms with Crippen molar-refractivity contribution in [2.45, 2.75) is 13.5 Å². The normalized spacial score (nSPS) is 10.6. The number of hydrogen-bond donors (Lipinski definition) is 1. The van der Waals surface area contributed by atoms with Crippen LogP contribution in [0.4, 0.5) is 11.4 Å². The van der Waals surface area contributed by atoms with E-state index in [-0.39, 0.29) is 29.5 Å². The number of hydrazone groups is 1. The molecule has 0 fully saturated rings. The van der Waals surface area contributed by atoms with Gasteiger partial charge >= 0.3 is 5.69 Å². The molecule has 0 saturated carbocycles. The van der Waals surface area contributed by atoms with Crippen molar-refractivity contribution in [1.82, 2.24) is 10.4 Å². The van der Waals surface area contributed by atoms with Crippen molar-refractivity contribution < 1.29 is 28.9 Å². The van der Waals surface area contributed by atoms with Gasteiger partial charge in [-0.05, 0) is 48.9 Å². The number of nitro groups is 2. The highest BCUT2D eigenvalue weighted by Crippen LogP contribution is 2.34. The van der Waals surface area contributed by atoms with E-state index in [0.29, 0.717) is 16.8 Å². The summed E-state index contributed by atoms with van der Waals surface area (Å²) in [6, 6.07) is 12.9. The number of hydrogen-bond acceptors (Lipinski definition) is 11. The molecule has 0 aliphatic heterocycles. The van der Waals surface area contributed by atoms with E-state index < -0.39 is 33.7 Å². The van der Waals surface area contributed by atoms with Crippen LogP contribution in [0.1, 0.15) is 22.4 Å². The number of aromatic nitrogens is 1. The van der Waals surface area contributed by atoms with Crippen molar-refractivity contribution in [3.05, 3.63) is 91.1 Å². The monoisotopic (exact) mass is 520 g/mol. The number of amides is 1. The summed E-state index contributed by atoms with van der Waals surface area (Å²) in [6.07, 6.45) is 1.35. The number of carbonyl (C=O) groups excluding carboxylic acids is 1. The maximum absolute atomic E-state index is 12.1. The van der Waals surface area contributed by atoms with Gasteiger partial charge in [-0.15, -0.1) is 0 Å². The molecule has 3 rings (SSSR count). The van der Waals surface area contributed by atoms with Gasteiger partial charge in [-0.2, -0.15) is 10.4 Å². The Kier molecular flexibility index (Phi) is 8.95. The third-order valence-electron chi connectivity index (χ3n) is 4.81. The maximum atomic E-state index is 12.1. The molecule has 0 atom stereocenters. The van der Waals surface area contributed by atoms with Crippen LogP contribution in [0.3, 0.4) is 0 Å². The number of nitriles is 1. The summed E-state index contributed by atoms with van der Waals surface area (Å²) in [7, 11) is 1.49. The number of nitrogens with zero attached hydrogens (tertiary/aromatic N) is 5. The minimum absolute atomic E-state index is 0.0162. The summed E-state index contributed by atoms with van der Waals surface area (Å²) in [4.78, 5) is 36.9. The van der Waals surface area contributed by atoms with Crippen LogP contribution in [0, 0.1) is 38.5 Å². The number of rotatable bonds is 11. The first-order valence-corrected chi connectivity index (χ1v) is 10.8. The van der Waals surface area contributed by atoms with Crippen molar-refractivity contribution in [3.63, 3.8) is 0 Å². The van der Waals surface area contributed by atoms with Crippen molar-refractivity contribution >= 4 is 23.5 Å². The Hall–Kier alpha value is -5.42. The quantitative estimate of drug-likeness (QED) is 0.222. The van der Waals surface area contributed by atoms with Crippen LogP contribution in [0.2, 0.25) is 0 Å². The molecular formula is C24H20N6O8. The third kappa shape index (κ3) is 7.06. The highest BCUT2D eigenvalue weighted by Gasteiger charge is 2.21. The molecule has 0 unspecified atom stereocenters. The second kappa shape index (κ2) is 12.5. The van der Waals surface area contributed by atoms with E-state index in [2.05, 4.69) is 15.5 Å². The zero-order chi connectivity index (χ0) is 27.7. The van der Waals surface area contributed by atoms with Gasteiger partial charge in [0.25, 0.3) is 11.6 Å². The standard InChI is InChI=1S/C24H20N6O8/c1-15-9-17(13-36-2)20(11-25)24(27-15)37-14-23(31)28-26-12-16-3-6-19(7-4-16)38-22-8-5-18(29(32)33)10-21(22)30(34)35/h3-10,12H,13-14H2,1-2H3,(H,28,31)/b26-12-. The Morgan fingerprint density at radius 1 is 1.16 bits per heavy atom. The molecule has 1 heterocycles. The first-order valence-electron chi connectivity index (χ1n) is 10.8. The van der Waals surface area contributed by atoms with Crippen molar-refractivity contribution in [2.75, 3.05) is 13.7 Å². The molecule has 2 aromatic carbocycles. The van der Waals surface area contributed by atoms with Crippen molar-refractivity contribution in [2.24, 2.45) is 5.10 Å². The van der Waals surface area contributed by atoms with Gasteiger partial charge in [0.05, 0.1) is 28.7 Å². The molecule has 194 valence electrons. The van der Waals surface area contributed by atoms with E-state index >= 15 is 0 Å². The Labute approximate surface area is 215 Å². The number of ether oxygens (including phenoxy) is 3. The van der Waals surface area contributed by atoms with Crippen LogP contribution < -0.4 is 14.9 Å². The Bertz CT molecular complexity index is 1430. The highest BCUT2D eigenvalue weighted by molar-refractivity contribution is 5.83. The van der Waals surface area contributed by atoms with E-state index in [1.807, 2.05) is 6.07 Å². The predicted octanol–water partition coefficient (Wildman–Crippen LogP) is 3.55. The molecule has 0 aliphatic carbocycles. The maximum Gasteiger partial charge on any atom is 0.318 e. The van der Waals surface area contributed by atoms with E-state index in [4.69, 9.17) is 14.2 Å². The lowest BCUT2D eigenvalue weighted by Gasteiger charge is -2.10. The molecule has 14 heteroatoms. The highest BCUT2D eigenvalue weighted by atomic mass is 16.6. The topological polar surface area (TPSA) is 192 Å². The second-order valence-electron chi connectivity index (χ2n) is 7.57. The predicted molar refractivity (Wildman–Crippen MR) is 132 cm³/mol. The van der Waals surface area contributed by atoms with E-state index in [1.165, 1.54) is 25.5 Å². The first-order chi connectivity index (χ1) is 18.2. The number of nitro benzene ring substituents is 2. The molecule has 14 nitrogen and oxygen atoms in total. The van der Waals surface area contributed by atoms with Gasteiger partial charge in [0.1, 0.15) is 17.4 Å². The molecule has 0 spiro atoms. The summed E-state index contributed by atoms with van der Waals surface area (Å²) in [5, 5.41) is 35.4. The molecular weight excluding hydrogens is 500 g/mol. The average molecular weight is 520 g/mol. The number of aryl methyl sites for hydroxylation is 1. The van der Waals surface area contributed by atoms with Crippen LogP contribution in [-0.4, -0.2) is 40.7 Å². The minimum Gasteiger partial charge on any atom is -0.467 e. The van der Waals surface area contributed by atoms with Crippen molar-refractivity contribution in [1.29, 1.82) is 5.26 Å². The Morgan fingerprint density at radius 3 is 2.53 bits per heavy atom. The van der Waals surface area contributed by atoms with Crippen molar-refractivity contribution in [3.8, 4) is 23.4 Å². The zero-order valence-corrected chi connectivity index (χ0v) is 20.1. The largest absolute Gasteiger partial charge is 0.467 e. The van der Waals surface area contributed by atoms with Crippen LogP contribution in [0.15, 0.2) is 53.6 Å². The molecule has 0 radical (unpaired) electrons. The Morgan fingerprint density at radius 2 is 1.89 bits per heavy atom. The van der Waals surface area contributed by atoms with Crippen LogP contribution >= 0.6 is 0 Å². The van der Waals surface area contributed by atoms with Gasteiger partial charge in [0.15, 0.2) is 6.61 Å². The lowest BCUT2D eigenvalue weighted by atomic mass is 10.1. The molecule has 0 aliphatic rings. The van der Waals surface area contributed by atoms with E-state index in [9.17, 15) is 30.3 Å². The molecule has 3 aromatic rings. The summed E-state index contributed by atoms with van der Waals surface area (Å²) in [6.45, 7) is 1.48. The number of nitrogens with one attached hydrogen (secondary N) is 1. The molecule has 38 heavy (non-hydrogen) atoms. The minimum atomic E-state index is -0.773. The molecule has 1 amide bonds. The second-order valence-corrected chi connectivity index (χ2v) is 7.57. The van der Waals surface area contributed by atoms with Gasteiger partial charge in [-0.25, -0.2) is 10.4 Å². The molecule has 0 saturated heterocycles. The number of non-ortho nitro benzene ring substituents is 1. The lowest BCUT2D eigenvalue weighted by Crippen LogP contribution is -2.25. The number of methoxy groups -OCH3 is 1. The lowest BCUT2D eigenvalue weighted by molar-refractivity contribution is -0.394. The first kappa shape index (κ1) is 27.2. The number of pyridine rings is 1. The molecule has 1 aromatic heterocycles. The Balaban J connectivity index is 1.58. The fourth-order valence-electron chi connectivity index (χ4n) is 3.15. The van der Waals surface area contributed by atoms with Gasteiger partial charge in [0, 0.05) is 24.4 Å². The summed E-state index contributed by atoms with van der Waals surface area (Å²) in [5.41, 5.74) is 3.24. The smallest absolute Gasteiger partial charge is 0.318 e. The zero-order valence-electron chi connectivity index (χ0n) is 20.1. The van der Waals surface area contributed by atoms with E-state index in [0.717, 1.165) is 18.2 Å². The van der Waals surface area contributed by atoms with Gasteiger partial charge in [0.2, 0.25) is 11.6 Å². The molecule has 1 N–H and O–H groups in total. The average Bonchev–Trinajstić information content (AvgIpc) is 2.88. The molecule has 0 bridgehead atoms. The van der Waals surface area contributed by atoms with Crippen LogP contribution in [-0.2, 0) is 16.1 Å². The fourth-order valence-corrected chi connectivity index (χ4v) is 3.15. The SMILES string of the molecule is COCc1cc(C)nc(OCC(=O)N/N=C\c2ccc(Oc3ccc([N+](=O)[O-])cc3[N+](=O)[O-])cc2)c1C#N. The van der Waals surface area contributed by atoms with Crippen LogP contribution in [0.5, 0.6) is 17.4 Å². The third-order valence-corrected chi connectivity index (χ3v) is 4.81. The number of benzene rings is 2. The fraction of sp³-hybridized carbons (Fsp3) is 0.167.